The van der Waals surface area contributed by atoms with Crippen molar-refractivity contribution in [2.24, 2.45) is 0 Å². The summed E-state index contributed by atoms with van der Waals surface area (Å²) in [5.41, 5.74) is -0.990. The zero-order valence-corrected chi connectivity index (χ0v) is 19.7. The van der Waals surface area contributed by atoms with E-state index in [1.165, 1.54) is 44.6 Å². The number of hydrogen-bond donors (Lipinski definition) is 1. The number of halogens is 4. The van der Waals surface area contributed by atoms with Crippen LogP contribution in [0.2, 0.25) is 5.02 Å². The third-order valence-corrected chi connectivity index (χ3v) is 6.04. The molecule has 1 heterocycles. The van der Waals surface area contributed by atoms with Gasteiger partial charge in [-0.25, -0.2) is 0 Å². The highest BCUT2D eigenvalue weighted by Crippen LogP contribution is 2.44. The van der Waals surface area contributed by atoms with E-state index in [2.05, 4.69) is 0 Å². The molecule has 1 amide bonds. The minimum Gasteiger partial charge on any atom is -0.507 e. The minimum absolute atomic E-state index is 0.131. The number of ether oxygens (including phenoxy) is 2. The average Bonchev–Trinajstić information content (AvgIpc) is 3.13. The third kappa shape index (κ3) is 4.49. The summed E-state index contributed by atoms with van der Waals surface area (Å²) in [5.74, 6) is -2.09. The molecule has 10 heteroatoms. The number of benzene rings is 3. The summed E-state index contributed by atoms with van der Waals surface area (Å²) < 4.78 is 50.7. The molecule has 36 heavy (non-hydrogen) atoms. The lowest BCUT2D eigenvalue weighted by Crippen LogP contribution is -2.29. The molecule has 0 radical (unpaired) electrons. The first-order valence-electron chi connectivity index (χ1n) is 10.5. The standard InChI is InChI=1S/C26H19ClF3NO5/c1-35-18-8-3-5-14(11-18)22-21(23(32)15-9-10-19(27)20(12-15)36-2)24(33)25(34)31(22)17-7-4-6-16(13-17)26(28,29)30/h3-13,22,32H,1-2H3/b23-21+. The highest BCUT2D eigenvalue weighted by atomic mass is 35.5. The highest BCUT2D eigenvalue weighted by molar-refractivity contribution is 6.51. The first-order chi connectivity index (χ1) is 17.1. The second-order valence-electron chi connectivity index (χ2n) is 7.84. The maximum Gasteiger partial charge on any atom is 0.416 e. The van der Waals surface area contributed by atoms with E-state index in [0.29, 0.717) is 11.3 Å². The molecule has 4 rings (SSSR count). The molecule has 3 aromatic carbocycles. The molecule has 1 aliphatic rings. The Bertz CT molecular complexity index is 1390. The molecular formula is C26H19ClF3NO5. The molecule has 1 aliphatic heterocycles. The Balaban J connectivity index is 1.97. The second kappa shape index (κ2) is 9.58. The summed E-state index contributed by atoms with van der Waals surface area (Å²) in [4.78, 5) is 27.4. The van der Waals surface area contributed by atoms with Crippen molar-refractivity contribution in [1.29, 1.82) is 0 Å². The van der Waals surface area contributed by atoms with Crippen LogP contribution >= 0.6 is 11.6 Å². The second-order valence-corrected chi connectivity index (χ2v) is 8.25. The van der Waals surface area contributed by atoms with Crippen molar-refractivity contribution in [2.75, 3.05) is 19.1 Å². The van der Waals surface area contributed by atoms with E-state index in [4.69, 9.17) is 21.1 Å². The van der Waals surface area contributed by atoms with Gasteiger partial charge in [0.1, 0.15) is 17.3 Å². The molecular weight excluding hydrogens is 499 g/mol. The molecule has 0 aliphatic carbocycles. The molecule has 1 N–H and O–H groups in total. The summed E-state index contributed by atoms with van der Waals surface area (Å²) in [6.07, 6.45) is -4.67. The summed E-state index contributed by atoms with van der Waals surface area (Å²) >= 11 is 6.07. The fourth-order valence-corrected chi connectivity index (χ4v) is 4.22. The number of amides is 1. The van der Waals surface area contributed by atoms with Crippen LogP contribution in [0.25, 0.3) is 5.76 Å². The van der Waals surface area contributed by atoms with Gasteiger partial charge in [-0.05, 0) is 54.1 Å². The number of ketones is 1. The Morgan fingerprint density at radius 3 is 2.36 bits per heavy atom. The molecule has 3 aromatic rings. The average molecular weight is 518 g/mol. The van der Waals surface area contributed by atoms with Gasteiger partial charge < -0.3 is 14.6 Å². The molecule has 1 saturated heterocycles. The summed E-state index contributed by atoms with van der Waals surface area (Å²) in [6.45, 7) is 0. The van der Waals surface area contributed by atoms with Crippen molar-refractivity contribution in [2.45, 2.75) is 12.2 Å². The number of methoxy groups -OCH3 is 2. The van der Waals surface area contributed by atoms with Gasteiger partial charge >= 0.3 is 6.18 Å². The Labute approximate surface area is 209 Å². The molecule has 6 nitrogen and oxygen atoms in total. The number of aliphatic hydroxyl groups is 1. The Morgan fingerprint density at radius 2 is 1.69 bits per heavy atom. The van der Waals surface area contributed by atoms with Crippen LogP contribution in [0, 0.1) is 0 Å². The van der Waals surface area contributed by atoms with Gasteiger partial charge in [0, 0.05) is 11.3 Å². The Kier molecular flexibility index (Phi) is 6.69. The van der Waals surface area contributed by atoms with E-state index in [1.807, 2.05) is 0 Å². The summed E-state index contributed by atoms with van der Waals surface area (Å²) in [6, 6.07) is 13.4. The predicted octanol–water partition coefficient (Wildman–Crippen LogP) is 6.00. The summed E-state index contributed by atoms with van der Waals surface area (Å²) in [5, 5.41) is 11.4. The van der Waals surface area contributed by atoms with E-state index in [1.54, 1.807) is 18.2 Å². The van der Waals surface area contributed by atoms with Crippen LogP contribution in [0.3, 0.4) is 0 Å². The topological polar surface area (TPSA) is 76.1 Å². The van der Waals surface area contributed by atoms with E-state index >= 15 is 0 Å². The van der Waals surface area contributed by atoms with Gasteiger partial charge in [-0.2, -0.15) is 13.2 Å². The normalized spacial score (nSPS) is 17.4. The van der Waals surface area contributed by atoms with Crippen molar-refractivity contribution >= 4 is 34.7 Å². The number of Topliss-reactive ketones (excluding diaryl/α,β-unsaturated/α-hetero) is 1. The van der Waals surface area contributed by atoms with Crippen LogP contribution in [-0.4, -0.2) is 31.0 Å². The van der Waals surface area contributed by atoms with Gasteiger partial charge in [0.2, 0.25) is 0 Å². The molecule has 0 bridgehead atoms. The third-order valence-electron chi connectivity index (χ3n) is 5.73. The van der Waals surface area contributed by atoms with Crippen LogP contribution in [0.1, 0.15) is 22.7 Å². The highest BCUT2D eigenvalue weighted by Gasteiger charge is 2.47. The molecule has 0 aromatic heterocycles. The lowest BCUT2D eigenvalue weighted by atomic mass is 9.94. The number of carbonyl (C=O) groups excluding carboxylic acids is 2. The van der Waals surface area contributed by atoms with Gasteiger partial charge in [0.15, 0.2) is 0 Å². The number of alkyl halides is 3. The fourth-order valence-electron chi connectivity index (χ4n) is 4.02. The number of nitrogens with zero attached hydrogens (tertiary/aromatic N) is 1. The Morgan fingerprint density at radius 1 is 0.972 bits per heavy atom. The smallest absolute Gasteiger partial charge is 0.416 e. The number of carbonyl (C=O) groups is 2. The number of anilines is 1. The van der Waals surface area contributed by atoms with Gasteiger partial charge in [-0.15, -0.1) is 0 Å². The molecule has 1 atom stereocenters. The van der Waals surface area contributed by atoms with Gasteiger partial charge in [0.25, 0.3) is 11.7 Å². The molecule has 1 fully saturated rings. The SMILES string of the molecule is COc1cccc(C2/C(=C(\O)c3ccc(Cl)c(OC)c3)C(=O)C(=O)N2c2cccc(C(F)(F)F)c2)c1. The number of aliphatic hydroxyl groups excluding tert-OH is 1. The number of rotatable bonds is 5. The van der Waals surface area contributed by atoms with E-state index < -0.39 is 35.2 Å². The lowest BCUT2D eigenvalue weighted by molar-refractivity contribution is -0.137. The van der Waals surface area contributed by atoms with E-state index in [-0.39, 0.29) is 27.6 Å². The summed E-state index contributed by atoms with van der Waals surface area (Å²) in [7, 11) is 2.79. The largest absolute Gasteiger partial charge is 0.507 e. The fraction of sp³-hybridized carbons (Fsp3) is 0.154. The van der Waals surface area contributed by atoms with Crippen molar-refractivity contribution in [3.05, 3.63) is 94.0 Å². The lowest BCUT2D eigenvalue weighted by Gasteiger charge is -2.26. The van der Waals surface area contributed by atoms with Crippen LogP contribution in [-0.2, 0) is 15.8 Å². The first kappa shape index (κ1) is 25.1. The quantitative estimate of drug-likeness (QED) is 0.255. The predicted molar refractivity (Wildman–Crippen MR) is 127 cm³/mol. The maximum atomic E-state index is 13.4. The maximum absolute atomic E-state index is 13.4. The Hall–Kier alpha value is -3.98. The van der Waals surface area contributed by atoms with Crippen LogP contribution < -0.4 is 14.4 Å². The molecule has 0 spiro atoms. The van der Waals surface area contributed by atoms with Crippen LogP contribution in [0.5, 0.6) is 11.5 Å². The van der Waals surface area contributed by atoms with E-state index in [9.17, 15) is 27.9 Å². The van der Waals surface area contributed by atoms with Gasteiger partial charge in [-0.3, -0.25) is 14.5 Å². The van der Waals surface area contributed by atoms with Crippen LogP contribution in [0.15, 0.2) is 72.3 Å². The zero-order chi connectivity index (χ0) is 26.2. The van der Waals surface area contributed by atoms with E-state index in [0.717, 1.165) is 23.1 Å². The first-order valence-corrected chi connectivity index (χ1v) is 10.9. The molecule has 186 valence electrons. The zero-order valence-electron chi connectivity index (χ0n) is 19.0. The van der Waals surface area contributed by atoms with Gasteiger partial charge in [0.05, 0.1) is 36.4 Å². The van der Waals surface area contributed by atoms with Crippen molar-refractivity contribution in [1.82, 2.24) is 0 Å². The van der Waals surface area contributed by atoms with Crippen molar-refractivity contribution < 1.29 is 37.3 Å². The molecule has 0 saturated carbocycles. The van der Waals surface area contributed by atoms with Crippen molar-refractivity contribution in [3.8, 4) is 11.5 Å². The van der Waals surface area contributed by atoms with Crippen LogP contribution in [0.4, 0.5) is 18.9 Å². The molecule has 1 unspecified atom stereocenters. The van der Waals surface area contributed by atoms with Gasteiger partial charge in [-0.1, -0.05) is 29.8 Å². The van der Waals surface area contributed by atoms with Crippen molar-refractivity contribution in [3.63, 3.8) is 0 Å². The monoisotopic (exact) mass is 517 g/mol. The minimum atomic E-state index is -4.67. The number of hydrogen-bond acceptors (Lipinski definition) is 5.